The van der Waals surface area contributed by atoms with Gasteiger partial charge in [-0.25, -0.2) is 4.98 Å². The smallest absolute Gasteiger partial charge is 0.309 e. The van der Waals surface area contributed by atoms with Gasteiger partial charge in [-0.05, 0) is 19.4 Å². The number of methoxy groups -OCH3 is 1. The van der Waals surface area contributed by atoms with E-state index in [4.69, 9.17) is 16.3 Å². The summed E-state index contributed by atoms with van der Waals surface area (Å²) in [6.45, 7) is 2.60. The van der Waals surface area contributed by atoms with Gasteiger partial charge in [-0.1, -0.05) is 11.6 Å². The third-order valence-electron chi connectivity index (χ3n) is 2.94. The number of esters is 1. The molecule has 1 atom stereocenters. The van der Waals surface area contributed by atoms with Gasteiger partial charge in [0.25, 0.3) is 0 Å². The maximum atomic E-state index is 11.5. The number of halogens is 1. The van der Waals surface area contributed by atoms with E-state index in [2.05, 4.69) is 9.88 Å². The van der Waals surface area contributed by atoms with Crippen LogP contribution in [0, 0.1) is 5.92 Å². The molecule has 1 aliphatic heterocycles. The summed E-state index contributed by atoms with van der Waals surface area (Å²) in [6.07, 6.45) is 3.76. The Morgan fingerprint density at radius 3 is 3.24 bits per heavy atom. The van der Waals surface area contributed by atoms with Gasteiger partial charge in [-0.3, -0.25) is 9.69 Å². The molecule has 0 aliphatic carbocycles. The first-order valence-corrected chi connectivity index (χ1v) is 6.79. The van der Waals surface area contributed by atoms with E-state index in [0.717, 1.165) is 37.4 Å². The minimum Gasteiger partial charge on any atom is -0.469 e. The summed E-state index contributed by atoms with van der Waals surface area (Å²) in [6, 6.07) is 0. The lowest BCUT2D eigenvalue weighted by Gasteiger charge is -2.30. The van der Waals surface area contributed by atoms with Crippen molar-refractivity contribution in [1.29, 1.82) is 0 Å². The predicted molar refractivity (Wildman–Crippen MR) is 67.1 cm³/mol. The third-order valence-corrected chi connectivity index (χ3v) is 4.04. The molecule has 0 saturated carbocycles. The highest BCUT2D eigenvalue weighted by molar-refractivity contribution is 7.15. The molecule has 0 N–H and O–H groups in total. The van der Waals surface area contributed by atoms with Gasteiger partial charge >= 0.3 is 5.97 Å². The van der Waals surface area contributed by atoms with Gasteiger partial charge < -0.3 is 4.74 Å². The average Bonchev–Trinajstić information content (AvgIpc) is 2.74. The van der Waals surface area contributed by atoms with E-state index in [1.54, 1.807) is 6.20 Å². The topological polar surface area (TPSA) is 42.4 Å². The lowest BCUT2D eigenvalue weighted by Crippen LogP contribution is -2.38. The van der Waals surface area contributed by atoms with E-state index in [9.17, 15) is 4.79 Å². The van der Waals surface area contributed by atoms with Crippen molar-refractivity contribution in [3.05, 3.63) is 15.5 Å². The summed E-state index contributed by atoms with van der Waals surface area (Å²) in [5.74, 6) is -0.0887. The average molecular weight is 275 g/mol. The van der Waals surface area contributed by atoms with Crippen LogP contribution in [0.2, 0.25) is 4.47 Å². The molecule has 2 rings (SSSR count). The number of hydrogen-bond donors (Lipinski definition) is 0. The van der Waals surface area contributed by atoms with Crippen LogP contribution in [0.25, 0.3) is 0 Å². The first kappa shape index (κ1) is 12.8. The molecule has 2 heterocycles. The van der Waals surface area contributed by atoms with Gasteiger partial charge in [-0.15, -0.1) is 11.3 Å². The zero-order chi connectivity index (χ0) is 12.3. The van der Waals surface area contributed by atoms with Crippen molar-refractivity contribution in [1.82, 2.24) is 9.88 Å². The SMILES string of the molecule is COC(=O)[C@H]1CCCN(Cc2cnc(Cl)s2)C1. The molecule has 0 spiro atoms. The largest absolute Gasteiger partial charge is 0.469 e. The molecule has 1 fully saturated rings. The highest BCUT2D eigenvalue weighted by Gasteiger charge is 2.26. The number of hydrogen-bond acceptors (Lipinski definition) is 5. The van der Waals surface area contributed by atoms with Crippen LogP contribution in [0.1, 0.15) is 17.7 Å². The van der Waals surface area contributed by atoms with Crippen LogP contribution < -0.4 is 0 Å². The molecule has 94 valence electrons. The van der Waals surface area contributed by atoms with Crippen molar-refractivity contribution >= 4 is 28.9 Å². The quantitative estimate of drug-likeness (QED) is 0.793. The monoisotopic (exact) mass is 274 g/mol. The molecule has 4 nitrogen and oxygen atoms in total. The molecular formula is C11H15ClN2O2S. The van der Waals surface area contributed by atoms with Gasteiger partial charge in [-0.2, -0.15) is 0 Å². The van der Waals surface area contributed by atoms with Crippen molar-refractivity contribution < 1.29 is 9.53 Å². The fourth-order valence-electron chi connectivity index (χ4n) is 2.14. The molecule has 1 aromatic heterocycles. The number of piperidine rings is 1. The third kappa shape index (κ3) is 3.40. The highest BCUT2D eigenvalue weighted by atomic mass is 35.5. The van der Waals surface area contributed by atoms with Crippen LogP contribution >= 0.6 is 22.9 Å². The van der Waals surface area contributed by atoms with Crippen LogP contribution in [-0.4, -0.2) is 36.1 Å². The first-order chi connectivity index (χ1) is 8.19. The number of thiazole rings is 1. The molecule has 17 heavy (non-hydrogen) atoms. The van der Waals surface area contributed by atoms with E-state index >= 15 is 0 Å². The summed E-state index contributed by atoms with van der Waals surface area (Å²) in [7, 11) is 1.45. The van der Waals surface area contributed by atoms with Gasteiger partial charge in [0.1, 0.15) is 0 Å². The van der Waals surface area contributed by atoms with E-state index in [0.29, 0.717) is 4.47 Å². The Bertz CT molecular complexity index is 397. The number of ether oxygens (including phenoxy) is 1. The summed E-state index contributed by atoms with van der Waals surface area (Å²) < 4.78 is 5.37. The van der Waals surface area contributed by atoms with Crippen molar-refractivity contribution in [2.75, 3.05) is 20.2 Å². The number of rotatable bonds is 3. The Morgan fingerprint density at radius 1 is 1.76 bits per heavy atom. The molecule has 0 radical (unpaired) electrons. The number of nitrogens with zero attached hydrogens (tertiary/aromatic N) is 2. The maximum Gasteiger partial charge on any atom is 0.309 e. The van der Waals surface area contributed by atoms with Gasteiger partial charge in [0.05, 0.1) is 13.0 Å². The van der Waals surface area contributed by atoms with Crippen LogP contribution in [0.5, 0.6) is 0 Å². The van der Waals surface area contributed by atoms with Crippen LogP contribution in [0.4, 0.5) is 0 Å². The van der Waals surface area contributed by atoms with Gasteiger partial charge in [0.15, 0.2) is 4.47 Å². The summed E-state index contributed by atoms with van der Waals surface area (Å²) >= 11 is 7.29. The molecule has 0 unspecified atom stereocenters. The van der Waals surface area contributed by atoms with Crippen molar-refractivity contribution in [3.8, 4) is 0 Å². The molecule has 0 amide bonds. The maximum absolute atomic E-state index is 11.5. The van der Waals surface area contributed by atoms with Crippen LogP contribution in [0.3, 0.4) is 0 Å². The number of aromatic nitrogens is 1. The summed E-state index contributed by atoms with van der Waals surface area (Å²) in [5, 5.41) is 0. The standard InChI is InChI=1S/C11H15ClN2O2S/c1-16-10(15)8-3-2-4-14(6-8)7-9-5-13-11(12)17-9/h5,8H,2-4,6-7H2,1H3/t8-/m0/s1. The Kier molecular flexibility index (Phi) is 4.36. The Morgan fingerprint density at radius 2 is 2.59 bits per heavy atom. The molecule has 6 heteroatoms. The molecule has 0 bridgehead atoms. The first-order valence-electron chi connectivity index (χ1n) is 5.59. The van der Waals surface area contributed by atoms with E-state index in [1.807, 2.05) is 0 Å². The number of carbonyl (C=O) groups excluding carboxylic acids is 1. The summed E-state index contributed by atoms with van der Waals surface area (Å²) in [4.78, 5) is 18.9. The lowest BCUT2D eigenvalue weighted by atomic mass is 9.98. The van der Waals surface area contributed by atoms with Crippen LogP contribution in [0.15, 0.2) is 6.20 Å². The Labute approximate surface area is 110 Å². The number of carbonyl (C=O) groups is 1. The fourth-order valence-corrected chi connectivity index (χ4v) is 3.16. The Hall–Kier alpha value is -0.650. The van der Waals surface area contributed by atoms with Crippen LogP contribution in [-0.2, 0) is 16.1 Å². The molecular weight excluding hydrogens is 260 g/mol. The van der Waals surface area contributed by atoms with Crippen molar-refractivity contribution in [2.45, 2.75) is 19.4 Å². The fraction of sp³-hybridized carbons (Fsp3) is 0.636. The zero-order valence-electron chi connectivity index (χ0n) is 9.69. The van der Waals surface area contributed by atoms with E-state index < -0.39 is 0 Å². The van der Waals surface area contributed by atoms with Crippen molar-refractivity contribution in [2.24, 2.45) is 5.92 Å². The minimum atomic E-state index is -0.1000. The Balaban J connectivity index is 1.91. The number of likely N-dealkylation sites (tertiary alicyclic amines) is 1. The van der Waals surface area contributed by atoms with Gasteiger partial charge in [0, 0.05) is 24.2 Å². The lowest BCUT2D eigenvalue weighted by molar-refractivity contribution is -0.147. The summed E-state index contributed by atoms with van der Waals surface area (Å²) in [5.41, 5.74) is 0. The second kappa shape index (κ2) is 5.80. The second-order valence-electron chi connectivity index (χ2n) is 4.18. The highest BCUT2D eigenvalue weighted by Crippen LogP contribution is 2.23. The van der Waals surface area contributed by atoms with Crippen molar-refractivity contribution in [3.63, 3.8) is 0 Å². The van der Waals surface area contributed by atoms with E-state index in [1.165, 1.54) is 18.4 Å². The van der Waals surface area contributed by atoms with Gasteiger partial charge in [0.2, 0.25) is 0 Å². The molecule has 0 aromatic carbocycles. The second-order valence-corrected chi connectivity index (χ2v) is 5.87. The molecule has 1 saturated heterocycles. The predicted octanol–water partition coefficient (Wildman–Crippen LogP) is 2.18. The normalized spacial score (nSPS) is 21.4. The minimum absolute atomic E-state index is 0.0112. The zero-order valence-corrected chi connectivity index (χ0v) is 11.3. The van der Waals surface area contributed by atoms with E-state index in [-0.39, 0.29) is 11.9 Å². The molecule has 1 aromatic rings. The molecule has 1 aliphatic rings.